The summed E-state index contributed by atoms with van der Waals surface area (Å²) in [5.74, 6) is 0. The molecule has 30 heavy (non-hydrogen) atoms. The standard InChI is InChI=1S/C26H16N2S2/c1-3-17-15-27-13-11-19(17)21(5-1)23-7-9-25(29-23)26-10-8-24(30-26)22-6-2-4-18-16-28-14-12-20(18)22/h1-16H. The molecule has 0 aliphatic rings. The molecule has 6 aromatic rings. The first-order valence-electron chi connectivity index (χ1n) is 9.73. The van der Waals surface area contributed by atoms with E-state index in [0.29, 0.717) is 0 Å². The fraction of sp³-hybridized carbons (Fsp3) is 0. The topological polar surface area (TPSA) is 25.8 Å². The van der Waals surface area contributed by atoms with Crippen LogP contribution in [-0.4, -0.2) is 9.97 Å². The molecule has 0 spiro atoms. The summed E-state index contributed by atoms with van der Waals surface area (Å²) in [7, 11) is 0. The molecule has 0 radical (unpaired) electrons. The predicted octanol–water partition coefficient (Wildman–Crippen LogP) is 7.91. The van der Waals surface area contributed by atoms with E-state index < -0.39 is 0 Å². The first-order valence-corrected chi connectivity index (χ1v) is 11.4. The van der Waals surface area contributed by atoms with Gasteiger partial charge in [0.1, 0.15) is 0 Å². The van der Waals surface area contributed by atoms with Gasteiger partial charge in [-0.3, -0.25) is 9.97 Å². The van der Waals surface area contributed by atoms with Crippen molar-refractivity contribution in [1.82, 2.24) is 9.97 Å². The van der Waals surface area contributed by atoms with Crippen molar-refractivity contribution in [2.75, 3.05) is 0 Å². The van der Waals surface area contributed by atoms with Gasteiger partial charge in [0.25, 0.3) is 0 Å². The van der Waals surface area contributed by atoms with Crippen LogP contribution >= 0.6 is 22.7 Å². The normalized spacial score (nSPS) is 11.3. The van der Waals surface area contributed by atoms with Gasteiger partial charge >= 0.3 is 0 Å². The van der Waals surface area contributed by atoms with Crippen molar-refractivity contribution in [3.05, 3.63) is 97.6 Å². The molecule has 4 aromatic heterocycles. The lowest BCUT2D eigenvalue weighted by atomic mass is 10.1. The number of fused-ring (bicyclic) bond motifs is 2. The average Bonchev–Trinajstić information content (AvgIpc) is 3.48. The van der Waals surface area contributed by atoms with Gasteiger partial charge in [0.15, 0.2) is 0 Å². The van der Waals surface area contributed by atoms with Crippen LogP contribution in [0.25, 0.3) is 52.2 Å². The molecule has 0 aliphatic heterocycles. The zero-order valence-corrected chi connectivity index (χ0v) is 17.6. The third-order valence-corrected chi connectivity index (χ3v) is 7.78. The van der Waals surface area contributed by atoms with Gasteiger partial charge in [0.05, 0.1) is 0 Å². The molecule has 0 saturated carbocycles. The lowest BCUT2D eigenvalue weighted by molar-refractivity contribution is 1.36. The van der Waals surface area contributed by atoms with Gasteiger partial charge in [-0.1, -0.05) is 36.4 Å². The quantitative estimate of drug-likeness (QED) is 0.291. The minimum absolute atomic E-state index is 1.17. The van der Waals surface area contributed by atoms with Crippen molar-refractivity contribution in [2.24, 2.45) is 0 Å². The molecule has 142 valence electrons. The molecule has 2 aromatic carbocycles. The molecule has 4 heteroatoms. The molecule has 0 fully saturated rings. The SMILES string of the molecule is c1cc(-c2ccc(-c3ccc(-c4cccc5cnccc45)s3)s2)c2ccncc2c1. The van der Waals surface area contributed by atoms with Crippen LogP contribution in [0.1, 0.15) is 0 Å². The van der Waals surface area contributed by atoms with Gasteiger partial charge in [-0.25, -0.2) is 0 Å². The molecule has 0 unspecified atom stereocenters. The van der Waals surface area contributed by atoms with Crippen LogP contribution in [0.2, 0.25) is 0 Å². The van der Waals surface area contributed by atoms with Gasteiger partial charge in [0.2, 0.25) is 0 Å². The highest BCUT2D eigenvalue weighted by atomic mass is 32.1. The molecule has 6 rings (SSSR count). The zero-order chi connectivity index (χ0) is 19.9. The van der Waals surface area contributed by atoms with Crippen molar-refractivity contribution in [1.29, 1.82) is 0 Å². The van der Waals surface area contributed by atoms with E-state index in [0.717, 1.165) is 0 Å². The lowest BCUT2D eigenvalue weighted by Gasteiger charge is -2.04. The Kier molecular flexibility index (Phi) is 4.18. The van der Waals surface area contributed by atoms with Gasteiger partial charge < -0.3 is 0 Å². The van der Waals surface area contributed by atoms with E-state index in [9.17, 15) is 0 Å². The Labute approximate surface area is 182 Å². The van der Waals surface area contributed by atoms with Crippen LogP contribution in [0, 0.1) is 0 Å². The zero-order valence-electron chi connectivity index (χ0n) is 15.9. The number of aromatic nitrogens is 2. The van der Waals surface area contributed by atoms with Crippen LogP contribution < -0.4 is 0 Å². The van der Waals surface area contributed by atoms with Gasteiger partial charge in [-0.05, 0) is 58.3 Å². The summed E-state index contributed by atoms with van der Waals surface area (Å²) in [6.45, 7) is 0. The van der Waals surface area contributed by atoms with E-state index in [4.69, 9.17) is 0 Å². The van der Waals surface area contributed by atoms with Crippen molar-refractivity contribution >= 4 is 44.2 Å². The van der Waals surface area contributed by atoms with Crippen molar-refractivity contribution in [3.63, 3.8) is 0 Å². The van der Waals surface area contributed by atoms with E-state index in [2.05, 4.69) is 82.8 Å². The Morgan fingerprint density at radius 1 is 0.467 bits per heavy atom. The smallest absolute Gasteiger partial charge is 0.0449 e. The molecule has 0 N–H and O–H groups in total. The van der Waals surface area contributed by atoms with Crippen molar-refractivity contribution < 1.29 is 0 Å². The maximum absolute atomic E-state index is 4.25. The first kappa shape index (κ1) is 17.5. The van der Waals surface area contributed by atoms with Gasteiger partial charge in [0, 0.05) is 55.1 Å². The number of pyridine rings is 2. The molecule has 0 bridgehead atoms. The number of hydrogen-bond acceptors (Lipinski definition) is 4. The van der Waals surface area contributed by atoms with Crippen molar-refractivity contribution in [2.45, 2.75) is 0 Å². The van der Waals surface area contributed by atoms with Crippen LogP contribution in [0.3, 0.4) is 0 Å². The van der Waals surface area contributed by atoms with Crippen LogP contribution in [0.15, 0.2) is 97.6 Å². The number of nitrogens with zero attached hydrogens (tertiary/aromatic N) is 2. The second kappa shape index (κ2) is 7.17. The van der Waals surface area contributed by atoms with E-state index in [-0.39, 0.29) is 0 Å². The maximum Gasteiger partial charge on any atom is 0.0449 e. The van der Waals surface area contributed by atoms with Crippen molar-refractivity contribution in [3.8, 4) is 30.6 Å². The summed E-state index contributed by atoms with van der Waals surface area (Å²) in [6, 6.07) is 26.0. The highest BCUT2D eigenvalue weighted by molar-refractivity contribution is 7.25. The Morgan fingerprint density at radius 2 is 0.933 bits per heavy atom. The Balaban J connectivity index is 1.41. The largest absolute Gasteiger partial charge is 0.264 e. The maximum atomic E-state index is 4.25. The highest BCUT2D eigenvalue weighted by Crippen LogP contribution is 2.42. The Hall–Kier alpha value is -3.34. The molecule has 0 saturated heterocycles. The number of hydrogen-bond donors (Lipinski definition) is 0. The van der Waals surface area contributed by atoms with Gasteiger partial charge in [-0.2, -0.15) is 0 Å². The van der Waals surface area contributed by atoms with Crippen LogP contribution in [0.5, 0.6) is 0 Å². The molecule has 2 nitrogen and oxygen atoms in total. The molecular formula is C26H16N2S2. The third kappa shape index (κ3) is 2.93. The lowest BCUT2D eigenvalue weighted by Crippen LogP contribution is -1.79. The number of rotatable bonds is 3. The summed E-state index contributed by atoms with van der Waals surface area (Å²) < 4.78 is 0. The second-order valence-electron chi connectivity index (χ2n) is 7.13. The molecule has 0 amide bonds. The highest BCUT2D eigenvalue weighted by Gasteiger charge is 2.12. The number of benzene rings is 2. The summed E-state index contributed by atoms with van der Waals surface area (Å²) in [5.41, 5.74) is 2.54. The van der Waals surface area contributed by atoms with E-state index >= 15 is 0 Å². The molecular weight excluding hydrogens is 404 g/mol. The fourth-order valence-electron chi connectivity index (χ4n) is 3.90. The monoisotopic (exact) mass is 420 g/mol. The van der Waals surface area contributed by atoms with E-state index in [1.54, 1.807) is 0 Å². The van der Waals surface area contributed by atoms with E-state index in [1.807, 2.05) is 47.5 Å². The third-order valence-electron chi connectivity index (χ3n) is 5.35. The predicted molar refractivity (Wildman–Crippen MR) is 129 cm³/mol. The fourth-order valence-corrected chi connectivity index (χ4v) is 6.09. The summed E-state index contributed by atoms with van der Waals surface area (Å²) in [4.78, 5) is 13.7. The van der Waals surface area contributed by atoms with Gasteiger partial charge in [-0.15, -0.1) is 22.7 Å². The Morgan fingerprint density at radius 3 is 1.43 bits per heavy atom. The second-order valence-corrected chi connectivity index (χ2v) is 9.30. The summed E-state index contributed by atoms with van der Waals surface area (Å²) in [5, 5.41) is 4.84. The Bertz CT molecular complexity index is 1380. The number of thiophene rings is 2. The minimum atomic E-state index is 1.17. The summed E-state index contributed by atoms with van der Waals surface area (Å²) >= 11 is 3.69. The van der Waals surface area contributed by atoms with Crippen LogP contribution in [-0.2, 0) is 0 Å². The molecule has 0 aliphatic carbocycles. The first-order chi connectivity index (χ1) is 14.9. The molecule has 0 atom stereocenters. The van der Waals surface area contributed by atoms with Crippen LogP contribution in [0.4, 0.5) is 0 Å². The van der Waals surface area contributed by atoms with E-state index in [1.165, 1.54) is 52.2 Å². The minimum Gasteiger partial charge on any atom is -0.264 e. The molecule has 4 heterocycles. The summed E-state index contributed by atoms with van der Waals surface area (Å²) in [6.07, 6.45) is 7.59. The average molecular weight is 421 g/mol.